The number of nitrogens with zero attached hydrogens (tertiary/aromatic N) is 1. The van der Waals surface area contributed by atoms with Gasteiger partial charge in [0.1, 0.15) is 5.75 Å². The standard InChI is InChI=1S/C13H17NO3S/c1-13(2,10-14)8-9-18(15,16)12-6-4-11(17-3)5-7-12/h4-7H,8-9H2,1-3H3. The number of methoxy groups -OCH3 is 1. The molecule has 0 saturated carbocycles. The van der Waals surface area contributed by atoms with Crippen molar-refractivity contribution >= 4 is 9.84 Å². The SMILES string of the molecule is COc1ccc(S(=O)(=O)CCC(C)(C)C#N)cc1. The quantitative estimate of drug-likeness (QED) is 0.821. The Morgan fingerprint density at radius 3 is 2.28 bits per heavy atom. The molecule has 1 aromatic rings. The number of ether oxygens (including phenoxy) is 1. The zero-order valence-corrected chi connectivity index (χ0v) is 11.6. The van der Waals surface area contributed by atoms with E-state index in [0.717, 1.165) is 0 Å². The highest BCUT2D eigenvalue weighted by atomic mass is 32.2. The van der Waals surface area contributed by atoms with E-state index in [9.17, 15) is 8.42 Å². The lowest BCUT2D eigenvalue weighted by Gasteiger charge is -2.14. The minimum Gasteiger partial charge on any atom is -0.497 e. The molecule has 0 aliphatic carbocycles. The molecule has 18 heavy (non-hydrogen) atoms. The van der Waals surface area contributed by atoms with Gasteiger partial charge in [-0.3, -0.25) is 0 Å². The van der Waals surface area contributed by atoms with Crippen LogP contribution >= 0.6 is 0 Å². The normalized spacial score (nSPS) is 11.9. The lowest BCUT2D eigenvalue weighted by Crippen LogP contribution is -2.16. The Balaban J connectivity index is 2.84. The molecule has 4 nitrogen and oxygen atoms in total. The number of hydrogen-bond acceptors (Lipinski definition) is 4. The van der Waals surface area contributed by atoms with Gasteiger partial charge < -0.3 is 4.74 Å². The van der Waals surface area contributed by atoms with E-state index < -0.39 is 15.3 Å². The van der Waals surface area contributed by atoms with Gasteiger partial charge in [0.15, 0.2) is 9.84 Å². The van der Waals surface area contributed by atoms with Gasteiger partial charge in [-0.1, -0.05) is 0 Å². The van der Waals surface area contributed by atoms with E-state index in [1.165, 1.54) is 19.2 Å². The maximum Gasteiger partial charge on any atom is 0.178 e. The van der Waals surface area contributed by atoms with Crippen molar-refractivity contribution in [1.82, 2.24) is 0 Å². The summed E-state index contributed by atoms with van der Waals surface area (Å²) in [5.74, 6) is 0.589. The summed E-state index contributed by atoms with van der Waals surface area (Å²) in [6, 6.07) is 8.37. The molecule has 0 aromatic heterocycles. The number of hydrogen-bond donors (Lipinski definition) is 0. The third-order valence-electron chi connectivity index (χ3n) is 2.72. The lowest BCUT2D eigenvalue weighted by molar-refractivity contribution is 0.414. The second-order valence-corrected chi connectivity index (χ2v) is 6.85. The molecular formula is C13H17NO3S. The summed E-state index contributed by atoms with van der Waals surface area (Å²) in [4.78, 5) is 0.261. The molecule has 0 aliphatic heterocycles. The fourth-order valence-corrected chi connectivity index (χ4v) is 2.91. The van der Waals surface area contributed by atoms with Crippen LogP contribution in [0.3, 0.4) is 0 Å². The van der Waals surface area contributed by atoms with Crippen molar-refractivity contribution < 1.29 is 13.2 Å². The van der Waals surface area contributed by atoms with Crippen LogP contribution in [0.5, 0.6) is 5.75 Å². The van der Waals surface area contributed by atoms with E-state index in [-0.39, 0.29) is 10.6 Å². The van der Waals surface area contributed by atoms with E-state index in [4.69, 9.17) is 10.00 Å². The number of rotatable bonds is 5. The van der Waals surface area contributed by atoms with Gasteiger partial charge in [0.25, 0.3) is 0 Å². The zero-order chi connectivity index (χ0) is 13.8. The molecule has 5 heteroatoms. The van der Waals surface area contributed by atoms with Crippen molar-refractivity contribution in [3.63, 3.8) is 0 Å². The maximum absolute atomic E-state index is 12.0. The van der Waals surface area contributed by atoms with Crippen LogP contribution in [0.15, 0.2) is 29.2 Å². The van der Waals surface area contributed by atoms with Crippen LogP contribution in [0.1, 0.15) is 20.3 Å². The molecule has 0 spiro atoms. The van der Waals surface area contributed by atoms with Crippen LogP contribution in [-0.4, -0.2) is 21.3 Å². The molecule has 1 rings (SSSR count). The summed E-state index contributed by atoms with van der Waals surface area (Å²) in [6.45, 7) is 3.47. The van der Waals surface area contributed by atoms with E-state index in [1.807, 2.05) is 0 Å². The topological polar surface area (TPSA) is 67.2 Å². The predicted molar refractivity (Wildman–Crippen MR) is 69.1 cm³/mol. The highest BCUT2D eigenvalue weighted by Crippen LogP contribution is 2.23. The summed E-state index contributed by atoms with van der Waals surface area (Å²) < 4.78 is 29.1. The van der Waals surface area contributed by atoms with Crippen molar-refractivity contribution in [2.24, 2.45) is 5.41 Å². The summed E-state index contributed by atoms with van der Waals surface area (Å²) in [6.07, 6.45) is 0.317. The van der Waals surface area contributed by atoms with Crippen LogP contribution in [-0.2, 0) is 9.84 Å². The van der Waals surface area contributed by atoms with Crippen molar-refractivity contribution in [3.05, 3.63) is 24.3 Å². The Morgan fingerprint density at radius 2 is 1.83 bits per heavy atom. The first-order valence-corrected chi connectivity index (χ1v) is 7.24. The van der Waals surface area contributed by atoms with Gasteiger partial charge in [0, 0.05) is 0 Å². The Kier molecular flexibility index (Phi) is 4.36. The molecule has 0 fully saturated rings. The highest BCUT2D eigenvalue weighted by Gasteiger charge is 2.22. The average molecular weight is 267 g/mol. The lowest BCUT2D eigenvalue weighted by atomic mass is 9.93. The molecule has 0 unspecified atom stereocenters. The first-order chi connectivity index (χ1) is 8.30. The molecule has 0 aliphatic rings. The Labute approximate surface area is 108 Å². The number of sulfone groups is 1. The maximum atomic E-state index is 12.0. The average Bonchev–Trinajstić information content (AvgIpc) is 2.37. The first kappa shape index (κ1) is 14.5. The summed E-state index contributed by atoms with van der Waals surface area (Å²) in [5.41, 5.74) is -0.625. The van der Waals surface area contributed by atoms with Gasteiger partial charge >= 0.3 is 0 Å². The fraction of sp³-hybridized carbons (Fsp3) is 0.462. The van der Waals surface area contributed by atoms with Gasteiger partial charge in [-0.05, 0) is 44.5 Å². The zero-order valence-electron chi connectivity index (χ0n) is 10.8. The minimum atomic E-state index is -3.34. The van der Waals surface area contributed by atoms with Crippen molar-refractivity contribution in [3.8, 4) is 11.8 Å². The predicted octanol–water partition coefficient (Wildman–Crippen LogP) is 2.41. The molecule has 98 valence electrons. The largest absolute Gasteiger partial charge is 0.497 e. The third-order valence-corrected chi connectivity index (χ3v) is 4.45. The van der Waals surface area contributed by atoms with E-state index in [0.29, 0.717) is 12.2 Å². The smallest absolute Gasteiger partial charge is 0.178 e. The van der Waals surface area contributed by atoms with Gasteiger partial charge in [0.05, 0.1) is 29.2 Å². The second-order valence-electron chi connectivity index (χ2n) is 4.74. The summed E-state index contributed by atoms with van der Waals surface area (Å²) >= 11 is 0. The Bertz CT molecular complexity index is 539. The van der Waals surface area contributed by atoms with Crippen LogP contribution < -0.4 is 4.74 Å². The monoisotopic (exact) mass is 267 g/mol. The molecule has 1 aromatic carbocycles. The third kappa shape index (κ3) is 3.74. The van der Waals surface area contributed by atoms with Gasteiger partial charge in [0.2, 0.25) is 0 Å². The molecule has 0 heterocycles. The molecule has 0 saturated heterocycles. The number of benzene rings is 1. The van der Waals surface area contributed by atoms with E-state index in [2.05, 4.69) is 6.07 Å². The molecule has 0 bridgehead atoms. The van der Waals surface area contributed by atoms with Crippen molar-refractivity contribution in [1.29, 1.82) is 5.26 Å². The van der Waals surface area contributed by atoms with Crippen LogP contribution in [0.4, 0.5) is 0 Å². The van der Waals surface area contributed by atoms with Gasteiger partial charge in [-0.2, -0.15) is 5.26 Å². The van der Waals surface area contributed by atoms with Gasteiger partial charge in [-0.15, -0.1) is 0 Å². The van der Waals surface area contributed by atoms with Crippen LogP contribution in [0.25, 0.3) is 0 Å². The van der Waals surface area contributed by atoms with Crippen LogP contribution in [0, 0.1) is 16.7 Å². The fourth-order valence-electron chi connectivity index (χ4n) is 1.35. The molecular weight excluding hydrogens is 250 g/mol. The molecule has 0 radical (unpaired) electrons. The minimum absolute atomic E-state index is 0.0279. The van der Waals surface area contributed by atoms with Crippen LogP contribution in [0.2, 0.25) is 0 Å². The van der Waals surface area contributed by atoms with E-state index in [1.54, 1.807) is 26.0 Å². The Morgan fingerprint density at radius 1 is 1.28 bits per heavy atom. The molecule has 0 atom stereocenters. The first-order valence-electron chi connectivity index (χ1n) is 5.59. The van der Waals surface area contributed by atoms with Crippen molar-refractivity contribution in [2.75, 3.05) is 12.9 Å². The molecule has 0 amide bonds. The summed E-state index contributed by atoms with van der Waals surface area (Å²) in [5, 5.41) is 8.87. The van der Waals surface area contributed by atoms with E-state index >= 15 is 0 Å². The molecule has 0 N–H and O–H groups in total. The highest BCUT2D eigenvalue weighted by molar-refractivity contribution is 7.91. The van der Waals surface area contributed by atoms with Crippen molar-refractivity contribution in [2.45, 2.75) is 25.2 Å². The van der Waals surface area contributed by atoms with Gasteiger partial charge in [-0.25, -0.2) is 8.42 Å². The second kappa shape index (κ2) is 5.40. The number of nitriles is 1. The summed E-state index contributed by atoms with van der Waals surface area (Å²) in [7, 11) is -1.81. The Hall–Kier alpha value is -1.54.